The number of fused-ring (bicyclic) bond motifs is 1. The Balaban J connectivity index is 2.53. The lowest BCUT2D eigenvalue weighted by Gasteiger charge is -2.16. The minimum Gasteiger partial charge on any atom is -0.508 e. The smallest absolute Gasteiger partial charge is 0.117 e. The van der Waals surface area contributed by atoms with Crippen molar-refractivity contribution in [1.82, 2.24) is 0 Å². The fourth-order valence-corrected chi connectivity index (χ4v) is 2.56. The van der Waals surface area contributed by atoms with Crippen LogP contribution < -0.4 is 5.73 Å². The number of benzene rings is 1. The molecule has 3 heteroatoms. The molecule has 2 rings (SSSR count). The molecule has 2 nitrogen and oxygen atoms in total. The Labute approximate surface area is 75.8 Å². The van der Waals surface area contributed by atoms with Crippen molar-refractivity contribution in [2.75, 3.05) is 11.5 Å². The van der Waals surface area contributed by atoms with Gasteiger partial charge in [0.15, 0.2) is 0 Å². The van der Waals surface area contributed by atoms with Crippen LogP contribution in [0, 0.1) is 0 Å². The van der Waals surface area contributed by atoms with E-state index < -0.39 is 0 Å². The van der Waals surface area contributed by atoms with Gasteiger partial charge in [0, 0.05) is 16.6 Å². The zero-order chi connectivity index (χ0) is 8.55. The Hall–Kier alpha value is -0.830. The molecule has 0 fully saturated rings. The second kappa shape index (κ2) is 2.90. The molecule has 1 aliphatic rings. The van der Waals surface area contributed by atoms with Crippen LogP contribution in [0.25, 0.3) is 0 Å². The van der Waals surface area contributed by atoms with Crippen LogP contribution in [0.15, 0.2) is 17.0 Å². The van der Waals surface area contributed by atoms with E-state index in [0.717, 1.165) is 17.9 Å². The van der Waals surface area contributed by atoms with Crippen LogP contribution in [0.2, 0.25) is 0 Å². The minimum absolute atomic E-state index is 0.286. The van der Waals surface area contributed by atoms with Gasteiger partial charge in [-0.1, -0.05) is 0 Å². The molecule has 0 amide bonds. The van der Waals surface area contributed by atoms with Crippen LogP contribution in [-0.2, 0) is 6.42 Å². The zero-order valence-corrected chi connectivity index (χ0v) is 7.53. The lowest BCUT2D eigenvalue weighted by atomic mass is 10.1. The van der Waals surface area contributed by atoms with Gasteiger partial charge in [0.25, 0.3) is 0 Å². The van der Waals surface area contributed by atoms with Gasteiger partial charge in [-0.15, -0.1) is 11.8 Å². The number of hydrogen-bond acceptors (Lipinski definition) is 3. The van der Waals surface area contributed by atoms with Crippen molar-refractivity contribution < 1.29 is 5.11 Å². The summed E-state index contributed by atoms with van der Waals surface area (Å²) in [5.74, 6) is 1.43. The lowest BCUT2D eigenvalue weighted by molar-refractivity contribution is 0.474. The van der Waals surface area contributed by atoms with E-state index in [1.165, 1.54) is 16.9 Å². The highest BCUT2D eigenvalue weighted by atomic mass is 32.2. The number of phenols is 1. The lowest BCUT2D eigenvalue weighted by Crippen LogP contribution is -2.01. The largest absolute Gasteiger partial charge is 0.508 e. The van der Waals surface area contributed by atoms with Crippen molar-refractivity contribution in [3.05, 3.63) is 17.7 Å². The molecule has 64 valence electrons. The summed E-state index contributed by atoms with van der Waals surface area (Å²) >= 11 is 1.79. The van der Waals surface area contributed by atoms with E-state index in [1.807, 2.05) is 6.07 Å². The molecule has 0 unspecified atom stereocenters. The van der Waals surface area contributed by atoms with Crippen molar-refractivity contribution in [2.24, 2.45) is 0 Å². The summed E-state index contributed by atoms with van der Waals surface area (Å²) < 4.78 is 0. The summed E-state index contributed by atoms with van der Waals surface area (Å²) in [5.41, 5.74) is 7.68. The molecule has 0 bridgehead atoms. The number of anilines is 1. The zero-order valence-electron chi connectivity index (χ0n) is 6.71. The summed E-state index contributed by atoms with van der Waals surface area (Å²) in [4.78, 5) is 1.17. The molecule has 12 heavy (non-hydrogen) atoms. The molecule has 1 aromatic rings. The Morgan fingerprint density at radius 1 is 1.42 bits per heavy atom. The van der Waals surface area contributed by atoms with Gasteiger partial charge in [0.1, 0.15) is 5.75 Å². The van der Waals surface area contributed by atoms with Gasteiger partial charge in [0.2, 0.25) is 0 Å². The summed E-state index contributed by atoms with van der Waals surface area (Å²) in [7, 11) is 0. The number of hydrogen-bond donors (Lipinski definition) is 2. The van der Waals surface area contributed by atoms with Gasteiger partial charge >= 0.3 is 0 Å². The van der Waals surface area contributed by atoms with E-state index >= 15 is 0 Å². The molecule has 0 radical (unpaired) electrons. The monoisotopic (exact) mass is 181 g/mol. The predicted molar refractivity (Wildman–Crippen MR) is 51.6 cm³/mol. The Kier molecular flexibility index (Phi) is 1.89. The van der Waals surface area contributed by atoms with Crippen LogP contribution in [0.4, 0.5) is 5.69 Å². The summed E-state index contributed by atoms with van der Waals surface area (Å²) in [6.45, 7) is 0. The predicted octanol–water partition coefficient (Wildman–Crippen LogP) is 2.01. The first-order chi connectivity index (χ1) is 5.77. The number of nitrogen functional groups attached to an aromatic ring is 1. The normalized spacial score (nSPS) is 15.7. The topological polar surface area (TPSA) is 46.2 Å². The molecule has 1 heterocycles. The van der Waals surface area contributed by atoms with Gasteiger partial charge in [-0.2, -0.15) is 0 Å². The van der Waals surface area contributed by atoms with Crippen LogP contribution in [-0.4, -0.2) is 10.9 Å². The molecule has 3 N–H and O–H groups in total. The maximum absolute atomic E-state index is 9.28. The number of thioether (sulfide) groups is 1. The van der Waals surface area contributed by atoms with Crippen LogP contribution >= 0.6 is 11.8 Å². The number of phenolic OH excluding ortho intramolecular Hbond substituents is 1. The first-order valence-electron chi connectivity index (χ1n) is 4.01. The Morgan fingerprint density at radius 3 is 3.08 bits per heavy atom. The minimum atomic E-state index is 0.286. The second-order valence-corrected chi connectivity index (χ2v) is 4.08. The first-order valence-corrected chi connectivity index (χ1v) is 5.00. The number of rotatable bonds is 0. The van der Waals surface area contributed by atoms with E-state index in [9.17, 15) is 5.11 Å². The van der Waals surface area contributed by atoms with Crippen molar-refractivity contribution in [3.8, 4) is 5.75 Å². The molecule has 0 saturated heterocycles. The summed E-state index contributed by atoms with van der Waals surface area (Å²) in [6.07, 6.45) is 2.22. The molecule has 1 aliphatic heterocycles. The molecular formula is C9H11NOS. The molecular weight excluding hydrogens is 170 g/mol. The highest BCUT2D eigenvalue weighted by molar-refractivity contribution is 7.99. The number of aromatic hydroxyl groups is 1. The third-order valence-electron chi connectivity index (χ3n) is 2.02. The Morgan fingerprint density at radius 2 is 2.25 bits per heavy atom. The van der Waals surface area contributed by atoms with Gasteiger partial charge in [0.05, 0.1) is 0 Å². The van der Waals surface area contributed by atoms with E-state index in [0.29, 0.717) is 0 Å². The maximum Gasteiger partial charge on any atom is 0.117 e. The fourth-order valence-electron chi connectivity index (χ4n) is 1.49. The first kappa shape index (κ1) is 7.80. The van der Waals surface area contributed by atoms with Crippen molar-refractivity contribution in [1.29, 1.82) is 0 Å². The highest BCUT2D eigenvalue weighted by Crippen LogP contribution is 2.36. The van der Waals surface area contributed by atoms with Gasteiger partial charge in [-0.05, 0) is 30.2 Å². The molecule has 1 aromatic carbocycles. The van der Waals surface area contributed by atoms with Gasteiger partial charge in [-0.3, -0.25) is 0 Å². The molecule has 0 saturated carbocycles. The van der Waals surface area contributed by atoms with Crippen molar-refractivity contribution >= 4 is 17.4 Å². The molecule has 0 aromatic heterocycles. The van der Waals surface area contributed by atoms with Crippen LogP contribution in [0.3, 0.4) is 0 Å². The molecule has 0 atom stereocenters. The molecule has 0 spiro atoms. The third-order valence-corrected chi connectivity index (χ3v) is 3.30. The maximum atomic E-state index is 9.28. The Bertz CT molecular complexity index is 312. The average Bonchev–Trinajstić information content (AvgIpc) is 2.04. The number of aryl methyl sites for hydroxylation is 1. The van der Waals surface area contributed by atoms with Gasteiger partial charge < -0.3 is 10.8 Å². The average molecular weight is 181 g/mol. The van der Waals surface area contributed by atoms with E-state index in [-0.39, 0.29) is 5.75 Å². The highest BCUT2D eigenvalue weighted by Gasteiger charge is 2.13. The second-order valence-electron chi connectivity index (χ2n) is 2.98. The SMILES string of the molecule is Nc1cc(O)cc2c1SCCC2. The van der Waals surface area contributed by atoms with Crippen molar-refractivity contribution in [3.63, 3.8) is 0 Å². The summed E-state index contributed by atoms with van der Waals surface area (Å²) in [6, 6.07) is 3.44. The van der Waals surface area contributed by atoms with Crippen molar-refractivity contribution in [2.45, 2.75) is 17.7 Å². The standard InChI is InChI=1S/C9H11NOS/c10-8-5-7(11)4-6-2-1-3-12-9(6)8/h4-5,11H,1-3,10H2. The van der Waals surface area contributed by atoms with E-state index in [2.05, 4.69) is 0 Å². The van der Waals surface area contributed by atoms with E-state index in [1.54, 1.807) is 17.8 Å². The molecule has 0 aliphatic carbocycles. The van der Waals surface area contributed by atoms with E-state index in [4.69, 9.17) is 5.73 Å². The third kappa shape index (κ3) is 1.25. The van der Waals surface area contributed by atoms with Crippen LogP contribution in [0.1, 0.15) is 12.0 Å². The van der Waals surface area contributed by atoms with Crippen LogP contribution in [0.5, 0.6) is 5.75 Å². The fraction of sp³-hybridized carbons (Fsp3) is 0.333. The van der Waals surface area contributed by atoms with Gasteiger partial charge in [-0.25, -0.2) is 0 Å². The number of nitrogens with two attached hydrogens (primary N) is 1. The summed E-state index contributed by atoms with van der Waals surface area (Å²) in [5, 5.41) is 9.28. The quantitative estimate of drug-likeness (QED) is 0.602.